The topological polar surface area (TPSA) is 55.2 Å². The van der Waals surface area contributed by atoms with Crippen LogP contribution in [0.5, 0.6) is 0 Å². The van der Waals surface area contributed by atoms with Crippen molar-refractivity contribution in [3.8, 4) is 0 Å². The van der Waals surface area contributed by atoms with Crippen LogP contribution in [0, 0.1) is 29.9 Å². The first kappa shape index (κ1) is 13.8. The van der Waals surface area contributed by atoms with Crippen molar-refractivity contribution in [2.45, 2.75) is 52.5 Å². The van der Waals surface area contributed by atoms with Gasteiger partial charge in [0.1, 0.15) is 0 Å². The minimum atomic E-state index is -0.309. The zero-order chi connectivity index (χ0) is 14.0. The number of benzene rings is 1. The van der Waals surface area contributed by atoms with Gasteiger partial charge in [0.2, 0.25) is 0 Å². The molecule has 0 aromatic heterocycles. The molecule has 2 atom stereocenters. The van der Waals surface area contributed by atoms with E-state index in [0.717, 1.165) is 22.7 Å². The van der Waals surface area contributed by atoms with E-state index in [-0.39, 0.29) is 10.6 Å². The summed E-state index contributed by atoms with van der Waals surface area (Å²) in [6, 6.07) is 4.11. The molecule has 104 valence electrons. The molecule has 4 heteroatoms. The van der Waals surface area contributed by atoms with Crippen molar-refractivity contribution in [3.05, 3.63) is 33.4 Å². The van der Waals surface area contributed by atoms with Gasteiger partial charge in [-0.25, -0.2) is 0 Å². The largest absolute Gasteiger partial charge is 0.382 e. The first-order chi connectivity index (χ1) is 9.02. The number of aryl methyl sites for hydroxylation is 2. The summed E-state index contributed by atoms with van der Waals surface area (Å²) in [6.45, 7) is 5.97. The summed E-state index contributed by atoms with van der Waals surface area (Å²) in [4.78, 5) is 10.6. The molecule has 0 spiro atoms. The Morgan fingerprint density at radius 3 is 2.68 bits per heavy atom. The average Bonchev–Trinajstić information content (AvgIpc) is 2.80. The van der Waals surface area contributed by atoms with E-state index in [1.807, 2.05) is 13.0 Å². The van der Waals surface area contributed by atoms with Crippen molar-refractivity contribution < 1.29 is 4.92 Å². The Hall–Kier alpha value is -1.58. The molecule has 0 radical (unpaired) electrons. The summed E-state index contributed by atoms with van der Waals surface area (Å²) < 4.78 is 0. The lowest BCUT2D eigenvalue weighted by atomic mass is 9.99. The maximum Gasteiger partial charge on any atom is 0.272 e. The molecule has 1 N–H and O–H groups in total. The third-order valence-electron chi connectivity index (χ3n) is 4.26. The maximum atomic E-state index is 10.9. The third-order valence-corrected chi connectivity index (χ3v) is 4.26. The molecule has 0 amide bonds. The summed E-state index contributed by atoms with van der Waals surface area (Å²) in [6.07, 6.45) is 4.97. The molecular weight excluding hydrogens is 240 g/mol. The lowest BCUT2D eigenvalue weighted by Gasteiger charge is -2.22. The molecule has 0 heterocycles. The fraction of sp³-hybridized carbons (Fsp3) is 0.600. The first-order valence-corrected chi connectivity index (χ1v) is 7.05. The number of hydrogen-bond acceptors (Lipinski definition) is 3. The van der Waals surface area contributed by atoms with Crippen LogP contribution in [-0.2, 0) is 0 Å². The van der Waals surface area contributed by atoms with E-state index in [9.17, 15) is 10.1 Å². The Morgan fingerprint density at radius 1 is 1.32 bits per heavy atom. The summed E-state index contributed by atoms with van der Waals surface area (Å²) in [5.74, 6) is 0.731. The Bertz CT molecular complexity index is 485. The molecule has 19 heavy (non-hydrogen) atoms. The number of nitrogens with zero attached hydrogens (tertiary/aromatic N) is 1. The van der Waals surface area contributed by atoms with Crippen molar-refractivity contribution in [2.75, 3.05) is 5.32 Å². The maximum absolute atomic E-state index is 10.9. The van der Waals surface area contributed by atoms with Gasteiger partial charge in [-0.2, -0.15) is 0 Å². The zero-order valence-electron chi connectivity index (χ0n) is 11.9. The van der Waals surface area contributed by atoms with Gasteiger partial charge in [0.05, 0.1) is 4.92 Å². The van der Waals surface area contributed by atoms with Crippen LogP contribution in [0.3, 0.4) is 0 Å². The second-order valence-corrected chi connectivity index (χ2v) is 5.56. The summed E-state index contributed by atoms with van der Waals surface area (Å²) in [5, 5.41) is 14.5. The summed E-state index contributed by atoms with van der Waals surface area (Å²) in [7, 11) is 0. The minimum absolute atomic E-state index is 0.210. The highest BCUT2D eigenvalue weighted by atomic mass is 16.6. The van der Waals surface area contributed by atoms with Crippen LogP contribution in [0.4, 0.5) is 11.4 Å². The Balaban J connectivity index is 2.21. The van der Waals surface area contributed by atoms with Gasteiger partial charge in [-0.05, 0) is 44.2 Å². The number of nitrogens with one attached hydrogen (secondary N) is 1. The van der Waals surface area contributed by atoms with Crippen LogP contribution >= 0.6 is 0 Å². The minimum Gasteiger partial charge on any atom is -0.382 e. The SMILES string of the molecule is CCC1CCCC1Nc1cc(C)c([N+](=O)[O-])cc1C. The first-order valence-electron chi connectivity index (χ1n) is 7.05. The van der Waals surface area contributed by atoms with Gasteiger partial charge in [-0.3, -0.25) is 10.1 Å². The van der Waals surface area contributed by atoms with Crippen molar-refractivity contribution in [2.24, 2.45) is 5.92 Å². The van der Waals surface area contributed by atoms with Gasteiger partial charge >= 0.3 is 0 Å². The van der Waals surface area contributed by atoms with Gasteiger partial charge in [-0.15, -0.1) is 0 Å². The molecule has 1 aliphatic carbocycles. The third kappa shape index (κ3) is 2.88. The Morgan fingerprint density at radius 2 is 2.05 bits per heavy atom. The lowest BCUT2D eigenvalue weighted by molar-refractivity contribution is -0.385. The number of hydrogen-bond donors (Lipinski definition) is 1. The van der Waals surface area contributed by atoms with Crippen LogP contribution < -0.4 is 5.32 Å². The van der Waals surface area contributed by atoms with Crippen molar-refractivity contribution >= 4 is 11.4 Å². The van der Waals surface area contributed by atoms with Gasteiger partial charge in [0.15, 0.2) is 0 Å². The molecule has 1 saturated carbocycles. The van der Waals surface area contributed by atoms with Gasteiger partial charge < -0.3 is 5.32 Å². The molecule has 4 nitrogen and oxygen atoms in total. The lowest BCUT2D eigenvalue weighted by Crippen LogP contribution is -2.23. The van der Waals surface area contributed by atoms with Crippen LogP contribution in [0.1, 0.15) is 43.7 Å². The average molecular weight is 262 g/mol. The molecule has 0 bridgehead atoms. The monoisotopic (exact) mass is 262 g/mol. The van der Waals surface area contributed by atoms with E-state index >= 15 is 0 Å². The molecule has 0 aliphatic heterocycles. The second kappa shape index (κ2) is 5.59. The van der Waals surface area contributed by atoms with E-state index in [0.29, 0.717) is 6.04 Å². The van der Waals surface area contributed by atoms with E-state index in [1.54, 1.807) is 13.0 Å². The van der Waals surface area contributed by atoms with Crippen LogP contribution in [-0.4, -0.2) is 11.0 Å². The normalized spacial score (nSPS) is 22.5. The molecule has 0 saturated heterocycles. The Kier molecular flexibility index (Phi) is 4.08. The highest BCUT2D eigenvalue weighted by molar-refractivity contribution is 5.59. The van der Waals surface area contributed by atoms with E-state index in [2.05, 4.69) is 12.2 Å². The Labute approximate surface area is 114 Å². The highest BCUT2D eigenvalue weighted by Crippen LogP contribution is 2.33. The summed E-state index contributed by atoms with van der Waals surface area (Å²) in [5.41, 5.74) is 2.94. The molecule has 1 aromatic carbocycles. The quantitative estimate of drug-likeness (QED) is 0.653. The zero-order valence-corrected chi connectivity index (χ0v) is 11.9. The predicted octanol–water partition coefficient (Wildman–Crippen LogP) is 4.20. The molecule has 1 aromatic rings. The number of nitro groups is 1. The number of nitro benzene ring substituents is 1. The number of rotatable bonds is 4. The van der Waals surface area contributed by atoms with Crippen molar-refractivity contribution in [1.82, 2.24) is 0 Å². The second-order valence-electron chi connectivity index (χ2n) is 5.56. The standard InChI is InChI=1S/C15H22N2O2/c1-4-12-6-5-7-13(12)16-14-8-11(3)15(17(18)19)9-10(14)2/h8-9,12-13,16H,4-7H2,1-3H3. The smallest absolute Gasteiger partial charge is 0.272 e. The van der Waals surface area contributed by atoms with Gasteiger partial charge in [0.25, 0.3) is 5.69 Å². The van der Waals surface area contributed by atoms with Crippen LogP contribution in [0.2, 0.25) is 0 Å². The molecule has 1 aliphatic rings. The fourth-order valence-corrected chi connectivity index (χ4v) is 3.07. The van der Waals surface area contributed by atoms with Gasteiger partial charge in [0, 0.05) is 23.4 Å². The molecule has 1 fully saturated rings. The summed E-state index contributed by atoms with van der Waals surface area (Å²) >= 11 is 0. The van der Waals surface area contributed by atoms with Crippen LogP contribution in [0.25, 0.3) is 0 Å². The highest BCUT2D eigenvalue weighted by Gasteiger charge is 2.26. The van der Waals surface area contributed by atoms with E-state index in [1.165, 1.54) is 25.7 Å². The fourth-order valence-electron chi connectivity index (χ4n) is 3.07. The predicted molar refractivity (Wildman–Crippen MR) is 77.6 cm³/mol. The van der Waals surface area contributed by atoms with Crippen molar-refractivity contribution in [1.29, 1.82) is 0 Å². The molecular formula is C15H22N2O2. The van der Waals surface area contributed by atoms with E-state index < -0.39 is 0 Å². The van der Waals surface area contributed by atoms with Gasteiger partial charge in [-0.1, -0.05) is 19.8 Å². The number of anilines is 1. The van der Waals surface area contributed by atoms with Crippen molar-refractivity contribution in [3.63, 3.8) is 0 Å². The van der Waals surface area contributed by atoms with E-state index in [4.69, 9.17) is 0 Å². The van der Waals surface area contributed by atoms with Crippen LogP contribution in [0.15, 0.2) is 12.1 Å². The molecule has 2 unspecified atom stereocenters. The molecule has 2 rings (SSSR count).